The number of anilines is 1. The lowest BCUT2D eigenvalue weighted by Crippen LogP contribution is -2.53. The van der Waals surface area contributed by atoms with Crippen molar-refractivity contribution in [1.29, 1.82) is 0 Å². The number of rotatable bonds is 2. The van der Waals surface area contributed by atoms with E-state index in [4.69, 9.17) is 0 Å². The molecule has 1 N–H and O–H groups in total. The fourth-order valence-electron chi connectivity index (χ4n) is 2.31. The third kappa shape index (κ3) is 3.02. The van der Waals surface area contributed by atoms with Gasteiger partial charge < -0.3 is 10.2 Å². The number of hydrogen-bond donors (Lipinski definition) is 1. The lowest BCUT2D eigenvalue weighted by atomic mass is 10.0. The van der Waals surface area contributed by atoms with E-state index in [-0.39, 0.29) is 0 Å². The Morgan fingerprint density at radius 3 is 2.82 bits per heavy atom. The largest absolute Gasteiger partial charge is 0.368 e. The molecule has 1 aliphatic heterocycles. The molecule has 0 radical (unpaired) electrons. The highest BCUT2D eigenvalue weighted by molar-refractivity contribution is 9.10. The molecular weight excluding hydrogens is 276 g/mol. The minimum Gasteiger partial charge on any atom is -0.368 e. The summed E-state index contributed by atoms with van der Waals surface area (Å²) in [4.78, 5) is 2.48. The molecule has 1 aromatic rings. The highest BCUT2D eigenvalue weighted by atomic mass is 79.9. The zero-order valence-electron chi connectivity index (χ0n) is 10.8. The number of halogens is 1. The maximum absolute atomic E-state index is 3.68. The molecule has 94 valence electrons. The molecule has 17 heavy (non-hydrogen) atoms. The van der Waals surface area contributed by atoms with Gasteiger partial charge in [0.25, 0.3) is 0 Å². The van der Waals surface area contributed by atoms with Gasteiger partial charge in [0, 0.05) is 30.1 Å². The zero-order valence-corrected chi connectivity index (χ0v) is 12.4. The number of benzene rings is 1. The summed E-state index contributed by atoms with van der Waals surface area (Å²) in [6, 6.07) is 7.20. The molecule has 1 atom stereocenters. The summed E-state index contributed by atoms with van der Waals surface area (Å²) < 4.78 is 1.21. The van der Waals surface area contributed by atoms with Crippen LogP contribution in [-0.4, -0.2) is 25.7 Å². The number of aryl methyl sites for hydroxylation is 1. The van der Waals surface area contributed by atoms with Crippen LogP contribution in [-0.2, 0) is 0 Å². The summed E-state index contributed by atoms with van der Waals surface area (Å²) in [5.41, 5.74) is 2.62. The fourth-order valence-corrected chi connectivity index (χ4v) is 3.06. The summed E-state index contributed by atoms with van der Waals surface area (Å²) in [7, 11) is 0. The molecule has 0 spiro atoms. The van der Waals surface area contributed by atoms with Gasteiger partial charge in [-0.2, -0.15) is 0 Å². The van der Waals surface area contributed by atoms with E-state index in [9.17, 15) is 0 Å². The summed E-state index contributed by atoms with van der Waals surface area (Å²) in [6.45, 7) is 9.95. The fraction of sp³-hybridized carbons (Fsp3) is 0.571. The molecule has 1 heterocycles. The van der Waals surface area contributed by atoms with Crippen LogP contribution in [0.15, 0.2) is 22.7 Å². The van der Waals surface area contributed by atoms with Crippen molar-refractivity contribution in [3.05, 3.63) is 28.2 Å². The smallest absolute Gasteiger partial charge is 0.0511 e. The van der Waals surface area contributed by atoms with Gasteiger partial charge in [0.1, 0.15) is 0 Å². The van der Waals surface area contributed by atoms with Crippen LogP contribution in [0.2, 0.25) is 0 Å². The molecule has 1 aromatic carbocycles. The van der Waals surface area contributed by atoms with Crippen molar-refractivity contribution in [2.45, 2.75) is 26.8 Å². The highest BCUT2D eigenvalue weighted by Crippen LogP contribution is 2.28. The lowest BCUT2D eigenvalue weighted by molar-refractivity contribution is 0.368. The SMILES string of the molecule is Cc1ccc(N2CCNC(C(C)C)C2)c(Br)c1. The van der Waals surface area contributed by atoms with Gasteiger partial charge in [0.05, 0.1) is 5.69 Å². The first-order valence-electron chi connectivity index (χ1n) is 6.32. The van der Waals surface area contributed by atoms with Crippen LogP contribution in [0.1, 0.15) is 19.4 Å². The van der Waals surface area contributed by atoms with Crippen LogP contribution in [0.5, 0.6) is 0 Å². The third-order valence-electron chi connectivity index (χ3n) is 3.45. The van der Waals surface area contributed by atoms with Gasteiger partial charge in [-0.3, -0.25) is 0 Å². The van der Waals surface area contributed by atoms with E-state index < -0.39 is 0 Å². The summed E-state index contributed by atoms with van der Waals surface area (Å²) in [5.74, 6) is 0.682. The number of nitrogens with one attached hydrogen (secondary N) is 1. The van der Waals surface area contributed by atoms with Gasteiger partial charge in [-0.25, -0.2) is 0 Å². The molecule has 1 aliphatic rings. The maximum atomic E-state index is 3.68. The normalized spacial score (nSPS) is 21.0. The zero-order chi connectivity index (χ0) is 12.4. The number of hydrogen-bond acceptors (Lipinski definition) is 2. The summed E-state index contributed by atoms with van der Waals surface area (Å²) >= 11 is 3.68. The van der Waals surface area contributed by atoms with E-state index in [0.717, 1.165) is 19.6 Å². The van der Waals surface area contributed by atoms with Crippen molar-refractivity contribution in [1.82, 2.24) is 5.32 Å². The van der Waals surface area contributed by atoms with E-state index in [1.807, 2.05) is 0 Å². The van der Waals surface area contributed by atoms with Crippen LogP contribution >= 0.6 is 15.9 Å². The highest BCUT2D eigenvalue weighted by Gasteiger charge is 2.22. The quantitative estimate of drug-likeness (QED) is 0.902. The van der Waals surface area contributed by atoms with Crippen LogP contribution in [0.4, 0.5) is 5.69 Å². The molecule has 0 aliphatic carbocycles. The Bertz CT molecular complexity index is 390. The Labute approximate surface area is 113 Å². The molecule has 1 unspecified atom stereocenters. The average Bonchev–Trinajstić information content (AvgIpc) is 2.29. The summed E-state index contributed by atoms with van der Waals surface area (Å²) in [5, 5.41) is 3.59. The molecule has 0 amide bonds. The molecular formula is C14H21BrN2. The van der Waals surface area contributed by atoms with Gasteiger partial charge in [-0.15, -0.1) is 0 Å². The van der Waals surface area contributed by atoms with Crippen molar-refractivity contribution >= 4 is 21.6 Å². The van der Waals surface area contributed by atoms with Crippen LogP contribution in [0, 0.1) is 12.8 Å². The van der Waals surface area contributed by atoms with E-state index >= 15 is 0 Å². The Hall–Kier alpha value is -0.540. The molecule has 0 aromatic heterocycles. The third-order valence-corrected chi connectivity index (χ3v) is 4.09. The molecule has 1 saturated heterocycles. The van der Waals surface area contributed by atoms with Gasteiger partial charge >= 0.3 is 0 Å². The van der Waals surface area contributed by atoms with E-state index in [1.165, 1.54) is 15.7 Å². The average molecular weight is 297 g/mol. The van der Waals surface area contributed by atoms with Crippen LogP contribution in [0.3, 0.4) is 0 Å². The molecule has 2 rings (SSSR count). The predicted octanol–water partition coefficient (Wildman–Crippen LogP) is 3.19. The minimum absolute atomic E-state index is 0.594. The van der Waals surface area contributed by atoms with Crippen molar-refractivity contribution < 1.29 is 0 Å². The summed E-state index contributed by atoms with van der Waals surface area (Å²) in [6.07, 6.45) is 0. The van der Waals surface area contributed by atoms with Gasteiger partial charge in [0.15, 0.2) is 0 Å². The number of nitrogens with zero attached hydrogens (tertiary/aromatic N) is 1. The lowest BCUT2D eigenvalue weighted by Gasteiger charge is -2.37. The second-order valence-electron chi connectivity index (χ2n) is 5.21. The Morgan fingerprint density at radius 1 is 1.41 bits per heavy atom. The van der Waals surface area contributed by atoms with E-state index in [2.05, 4.69) is 65.1 Å². The molecule has 3 heteroatoms. The minimum atomic E-state index is 0.594. The van der Waals surface area contributed by atoms with E-state index in [1.54, 1.807) is 0 Å². The van der Waals surface area contributed by atoms with Crippen molar-refractivity contribution in [3.8, 4) is 0 Å². The second kappa shape index (κ2) is 5.40. The second-order valence-corrected chi connectivity index (χ2v) is 6.06. The van der Waals surface area contributed by atoms with Crippen LogP contribution < -0.4 is 10.2 Å². The van der Waals surface area contributed by atoms with Gasteiger partial charge in [-0.05, 0) is 46.5 Å². The first-order valence-corrected chi connectivity index (χ1v) is 7.11. The first-order chi connectivity index (χ1) is 8.08. The van der Waals surface area contributed by atoms with E-state index in [0.29, 0.717) is 12.0 Å². The molecule has 2 nitrogen and oxygen atoms in total. The monoisotopic (exact) mass is 296 g/mol. The predicted molar refractivity (Wildman–Crippen MR) is 77.7 cm³/mol. The molecule has 0 saturated carbocycles. The van der Waals surface area contributed by atoms with Crippen LogP contribution in [0.25, 0.3) is 0 Å². The van der Waals surface area contributed by atoms with Gasteiger partial charge in [0.2, 0.25) is 0 Å². The molecule has 1 fully saturated rings. The maximum Gasteiger partial charge on any atom is 0.0511 e. The Morgan fingerprint density at radius 2 is 2.18 bits per heavy atom. The molecule has 0 bridgehead atoms. The standard InChI is InChI=1S/C14H21BrN2/c1-10(2)13-9-17(7-6-16-13)14-5-4-11(3)8-12(14)15/h4-5,8,10,13,16H,6-7,9H2,1-3H3. The topological polar surface area (TPSA) is 15.3 Å². The van der Waals surface area contributed by atoms with Crippen molar-refractivity contribution in [2.24, 2.45) is 5.92 Å². The Kier molecular flexibility index (Phi) is 4.10. The van der Waals surface area contributed by atoms with Crippen molar-refractivity contribution in [3.63, 3.8) is 0 Å². The number of piperazine rings is 1. The Balaban J connectivity index is 2.16. The van der Waals surface area contributed by atoms with Crippen molar-refractivity contribution in [2.75, 3.05) is 24.5 Å². The first kappa shape index (κ1) is 12.9. The van der Waals surface area contributed by atoms with Gasteiger partial charge in [-0.1, -0.05) is 19.9 Å².